The molecule has 0 fully saturated rings. The van der Waals surface area contributed by atoms with Gasteiger partial charge in [0.25, 0.3) is 5.91 Å². The Morgan fingerprint density at radius 2 is 1.76 bits per heavy atom. The van der Waals surface area contributed by atoms with Gasteiger partial charge in [-0.1, -0.05) is 0 Å². The number of nitrogens with one attached hydrogen (secondary N) is 1. The van der Waals surface area contributed by atoms with E-state index in [1.807, 2.05) is 0 Å². The van der Waals surface area contributed by atoms with E-state index < -0.39 is 17.5 Å². The van der Waals surface area contributed by atoms with Crippen LogP contribution >= 0.6 is 0 Å². The molecule has 0 saturated carbocycles. The fourth-order valence-corrected chi connectivity index (χ4v) is 1.28. The van der Waals surface area contributed by atoms with Crippen molar-refractivity contribution in [2.75, 3.05) is 5.32 Å². The highest BCUT2D eigenvalue weighted by Crippen LogP contribution is 2.10. The molecule has 0 aliphatic rings. The van der Waals surface area contributed by atoms with Crippen molar-refractivity contribution in [3.63, 3.8) is 0 Å². The van der Waals surface area contributed by atoms with E-state index in [9.17, 15) is 13.6 Å². The summed E-state index contributed by atoms with van der Waals surface area (Å²) in [5.74, 6) is -1.41. The summed E-state index contributed by atoms with van der Waals surface area (Å²) in [5.41, 5.74) is 0.537. The summed E-state index contributed by atoms with van der Waals surface area (Å²) in [6, 6.07) is 6.20. The first kappa shape index (κ1) is 11.2. The van der Waals surface area contributed by atoms with E-state index in [0.717, 1.165) is 12.3 Å². The molecule has 0 spiro atoms. The summed E-state index contributed by atoms with van der Waals surface area (Å²) in [7, 11) is 0. The molecule has 1 N–H and O–H groups in total. The molecule has 3 nitrogen and oxygen atoms in total. The van der Waals surface area contributed by atoms with E-state index in [4.69, 9.17) is 0 Å². The zero-order chi connectivity index (χ0) is 12.3. The number of anilines is 1. The molecule has 5 heteroatoms. The molecule has 0 saturated heterocycles. The van der Waals surface area contributed by atoms with Gasteiger partial charge >= 0.3 is 0 Å². The SMILES string of the molecule is O=C(Nc1cncc(F)c1)c1ccc(F)cc1. The topological polar surface area (TPSA) is 42.0 Å². The van der Waals surface area contributed by atoms with Gasteiger partial charge in [0, 0.05) is 11.6 Å². The van der Waals surface area contributed by atoms with Gasteiger partial charge in [0.05, 0.1) is 18.1 Å². The minimum absolute atomic E-state index is 0.249. The Morgan fingerprint density at radius 3 is 2.41 bits per heavy atom. The third-order valence-electron chi connectivity index (χ3n) is 2.07. The molecule has 17 heavy (non-hydrogen) atoms. The van der Waals surface area contributed by atoms with Crippen molar-refractivity contribution in [1.82, 2.24) is 4.98 Å². The first-order chi connectivity index (χ1) is 8.15. The average molecular weight is 234 g/mol. The number of hydrogen-bond acceptors (Lipinski definition) is 2. The highest BCUT2D eigenvalue weighted by molar-refractivity contribution is 6.04. The second-order valence-corrected chi connectivity index (χ2v) is 3.35. The third-order valence-corrected chi connectivity index (χ3v) is 2.07. The maximum absolute atomic E-state index is 12.8. The Balaban J connectivity index is 2.14. The Bertz CT molecular complexity index is 540. The minimum atomic E-state index is -0.540. The van der Waals surface area contributed by atoms with Crippen LogP contribution in [0.15, 0.2) is 42.7 Å². The first-order valence-electron chi connectivity index (χ1n) is 4.82. The Kier molecular flexibility index (Phi) is 3.09. The summed E-state index contributed by atoms with van der Waals surface area (Å²) < 4.78 is 25.4. The van der Waals surface area contributed by atoms with Crippen LogP contribution in [0.25, 0.3) is 0 Å². The van der Waals surface area contributed by atoms with Gasteiger partial charge in [-0.2, -0.15) is 0 Å². The number of carbonyl (C=O) groups excluding carboxylic acids is 1. The first-order valence-corrected chi connectivity index (χ1v) is 4.82. The highest BCUT2D eigenvalue weighted by atomic mass is 19.1. The number of amides is 1. The lowest BCUT2D eigenvalue weighted by Crippen LogP contribution is -2.12. The number of aromatic nitrogens is 1. The van der Waals surface area contributed by atoms with Crippen LogP contribution in [-0.4, -0.2) is 10.9 Å². The standard InChI is InChI=1S/C12H8F2N2O/c13-9-3-1-8(2-4-9)12(17)16-11-5-10(14)6-15-7-11/h1-7H,(H,16,17). The van der Waals surface area contributed by atoms with Crippen molar-refractivity contribution >= 4 is 11.6 Å². The van der Waals surface area contributed by atoms with Crippen LogP contribution in [0.4, 0.5) is 14.5 Å². The van der Waals surface area contributed by atoms with Gasteiger partial charge in [-0.05, 0) is 24.3 Å². The van der Waals surface area contributed by atoms with Crippen LogP contribution in [-0.2, 0) is 0 Å². The molecule has 1 aromatic carbocycles. The molecule has 86 valence electrons. The Labute approximate surface area is 96.1 Å². The van der Waals surface area contributed by atoms with Crippen LogP contribution in [0, 0.1) is 11.6 Å². The molecule has 0 aliphatic heterocycles. The van der Waals surface area contributed by atoms with Crippen molar-refractivity contribution in [3.8, 4) is 0 Å². The zero-order valence-corrected chi connectivity index (χ0v) is 8.65. The van der Waals surface area contributed by atoms with Gasteiger partial charge in [-0.15, -0.1) is 0 Å². The number of carbonyl (C=O) groups is 1. The Morgan fingerprint density at radius 1 is 1.06 bits per heavy atom. The molecule has 0 unspecified atom stereocenters. The number of rotatable bonds is 2. The lowest BCUT2D eigenvalue weighted by atomic mass is 10.2. The van der Waals surface area contributed by atoms with E-state index >= 15 is 0 Å². The molecule has 2 aromatic rings. The number of pyridine rings is 1. The van der Waals surface area contributed by atoms with Crippen molar-refractivity contribution in [1.29, 1.82) is 0 Å². The lowest BCUT2D eigenvalue weighted by Gasteiger charge is -2.04. The molecule has 0 aliphatic carbocycles. The van der Waals surface area contributed by atoms with E-state index in [0.29, 0.717) is 0 Å². The van der Waals surface area contributed by atoms with Crippen molar-refractivity contribution in [3.05, 3.63) is 59.9 Å². The molecular weight excluding hydrogens is 226 g/mol. The van der Waals surface area contributed by atoms with Crippen molar-refractivity contribution < 1.29 is 13.6 Å². The number of halogens is 2. The van der Waals surface area contributed by atoms with Crippen LogP contribution in [0.3, 0.4) is 0 Å². The monoisotopic (exact) mass is 234 g/mol. The predicted octanol–water partition coefficient (Wildman–Crippen LogP) is 2.61. The summed E-state index contributed by atoms with van der Waals surface area (Å²) in [5, 5.41) is 2.45. The van der Waals surface area contributed by atoms with Crippen molar-refractivity contribution in [2.24, 2.45) is 0 Å². The molecule has 1 amide bonds. The lowest BCUT2D eigenvalue weighted by molar-refractivity contribution is 0.102. The summed E-state index contributed by atoms with van der Waals surface area (Å²) in [6.07, 6.45) is 2.36. The zero-order valence-electron chi connectivity index (χ0n) is 8.65. The van der Waals surface area contributed by atoms with E-state index in [2.05, 4.69) is 10.3 Å². The summed E-state index contributed by atoms with van der Waals surface area (Å²) >= 11 is 0. The van der Waals surface area contributed by atoms with E-state index in [1.54, 1.807) is 0 Å². The average Bonchev–Trinajstić information content (AvgIpc) is 2.29. The summed E-state index contributed by atoms with van der Waals surface area (Å²) in [4.78, 5) is 15.2. The summed E-state index contributed by atoms with van der Waals surface area (Å²) in [6.45, 7) is 0. The number of hydrogen-bond donors (Lipinski definition) is 1. The van der Waals surface area contributed by atoms with Crippen LogP contribution in [0.1, 0.15) is 10.4 Å². The van der Waals surface area contributed by atoms with Gasteiger partial charge in [0.2, 0.25) is 0 Å². The maximum Gasteiger partial charge on any atom is 0.255 e. The molecule has 1 heterocycles. The normalized spacial score (nSPS) is 10.0. The fourth-order valence-electron chi connectivity index (χ4n) is 1.28. The second-order valence-electron chi connectivity index (χ2n) is 3.35. The van der Waals surface area contributed by atoms with E-state index in [-0.39, 0.29) is 11.3 Å². The second kappa shape index (κ2) is 4.69. The number of benzene rings is 1. The van der Waals surface area contributed by atoms with E-state index in [1.165, 1.54) is 30.5 Å². The van der Waals surface area contributed by atoms with Crippen LogP contribution in [0.5, 0.6) is 0 Å². The minimum Gasteiger partial charge on any atom is -0.320 e. The predicted molar refractivity (Wildman–Crippen MR) is 58.5 cm³/mol. The maximum atomic E-state index is 12.8. The fraction of sp³-hybridized carbons (Fsp3) is 0. The van der Waals surface area contributed by atoms with Gasteiger partial charge < -0.3 is 5.32 Å². The van der Waals surface area contributed by atoms with Gasteiger partial charge in [-0.3, -0.25) is 9.78 Å². The third kappa shape index (κ3) is 2.84. The van der Waals surface area contributed by atoms with Crippen LogP contribution < -0.4 is 5.32 Å². The van der Waals surface area contributed by atoms with Gasteiger partial charge in [0.1, 0.15) is 11.6 Å². The highest BCUT2D eigenvalue weighted by Gasteiger charge is 2.06. The molecular formula is C12H8F2N2O. The largest absolute Gasteiger partial charge is 0.320 e. The quantitative estimate of drug-likeness (QED) is 0.867. The van der Waals surface area contributed by atoms with Gasteiger partial charge in [0.15, 0.2) is 0 Å². The van der Waals surface area contributed by atoms with Gasteiger partial charge in [-0.25, -0.2) is 8.78 Å². The number of nitrogens with zero attached hydrogens (tertiary/aromatic N) is 1. The molecule has 0 bridgehead atoms. The van der Waals surface area contributed by atoms with Crippen LogP contribution in [0.2, 0.25) is 0 Å². The smallest absolute Gasteiger partial charge is 0.255 e. The van der Waals surface area contributed by atoms with Crippen molar-refractivity contribution in [2.45, 2.75) is 0 Å². The Hall–Kier alpha value is -2.30. The molecule has 0 radical (unpaired) electrons. The molecule has 0 atom stereocenters. The molecule has 2 rings (SSSR count). The molecule has 1 aromatic heterocycles.